The van der Waals surface area contributed by atoms with Crippen molar-refractivity contribution in [1.82, 2.24) is 5.43 Å². The first-order valence-electron chi connectivity index (χ1n) is 8.08. The maximum atomic E-state index is 4.50. The summed E-state index contributed by atoms with van der Waals surface area (Å²) in [6.07, 6.45) is 14.1. The Bertz CT molecular complexity index is 575. The molecule has 0 unspecified atom stereocenters. The SMILES string of the molecule is CC1=CCC(c2ccccc2/C=N/NC2CCCCC2)=C1. The van der Waals surface area contributed by atoms with Gasteiger partial charge < -0.3 is 5.43 Å². The molecular weight excluding hydrogens is 256 g/mol. The number of allylic oxidation sites excluding steroid dienone is 4. The van der Waals surface area contributed by atoms with Crippen molar-refractivity contribution in [2.45, 2.75) is 51.5 Å². The second-order valence-electron chi connectivity index (χ2n) is 6.13. The van der Waals surface area contributed by atoms with Crippen LogP contribution in [0.3, 0.4) is 0 Å². The monoisotopic (exact) mass is 280 g/mol. The smallest absolute Gasteiger partial charge is 0.0546 e. The van der Waals surface area contributed by atoms with Crippen LogP contribution < -0.4 is 5.43 Å². The second-order valence-corrected chi connectivity index (χ2v) is 6.13. The Balaban J connectivity index is 1.69. The molecule has 0 radical (unpaired) electrons. The van der Waals surface area contributed by atoms with Gasteiger partial charge in [0.25, 0.3) is 0 Å². The lowest BCUT2D eigenvalue weighted by Crippen LogP contribution is -2.26. The summed E-state index contributed by atoms with van der Waals surface area (Å²) < 4.78 is 0. The van der Waals surface area contributed by atoms with E-state index >= 15 is 0 Å². The highest BCUT2D eigenvalue weighted by Crippen LogP contribution is 2.28. The largest absolute Gasteiger partial charge is 0.307 e. The Morgan fingerprint density at radius 2 is 1.95 bits per heavy atom. The first kappa shape index (κ1) is 14.1. The predicted molar refractivity (Wildman–Crippen MR) is 90.4 cm³/mol. The Morgan fingerprint density at radius 1 is 1.14 bits per heavy atom. The molecule has 21 heavy (non-hydrogen) atoms. The van der Waals surface area contributed by atoms with Crippen LogP contribution in [0.4, 0.5) is 0 Å². The van der Waals surface area contributed by atoms with Crippen molar-refractivity contribution in [3.8, 4) is 0 Å². The summed E-state index contributed by atoms with van der Waals surface area (Å²) in [4.78, 5) is 0. The van der Waals surface area contributed by atoms with Gasteiger partial charge in [-0.1, -0.05) is 61.3 Å². The Kier molecular flexibility index (Phi) is 4.54. The lowest BCUT2D eigenvalue weighted by atomic mass is 9.96. The molecule has 2 heteroatoms. The van der Waals surface area contributed by atoms with Crippen LogP contribution >= 0.6 is 0 Å². The van der Waals surface area contributed by atoms with Gasteiger partial charge in [-0.15, -0.1) is 0 Å². The fourth-order valence-corrected chi connectivity index (χ4v) is 3.20. The molecule has 2 aliphatic carbocycles. The van der Waals surface area contributed by atoms with Crippen molar-refractivity contribution in [2.75, 3.05) is 0 Å². The quantitative estimate of drug-likeness (QED) is 0.628. The molecule has 0 heterocycles. The van der Waals surface area contributed by atoms with Crippen molar-refractivity contribution >= 4 is 11.8 Å². The Hall–Kier alpha value is -1.83. The molecule has 1 fully saturated rings. The summed E-state index contributed by atoms with van der Waals surface area (Å²) in [5.41, 5.74) is 8.60. The third kappa shape index (κ3) is 3.63. The van der Waals surface area contributed by atoms with Gasteiger partial charge >= 0.3 is 0 Å². The van der Waals surface area contributed by atoms with Gasteiger partial charge in [-0.05, 0) is 37.3 Å². The fourth-order valence-electron chi connectivity index (χ4n) is 3.20. The zero-order valence-corrected chi connectivity index (χ0v) is 12.8. The van der Waals surface area contributed by atoms with Crippen LogP contribution in [0, 0.1) is 0 Å². The molecule has 1 aromatic carbocycles. The summed E-state index contributed by atoms with van der Waals surface area (Å²) >= 11 is 0. The van der Waals surface area contributed by atoms with Crippen LogP contribution in [0.1, 0.15) is 56.6 Å². The molecule has 1 aromatic rings. The van der Waals surface area contributed by atoms with Gasteiger partial charge in [-0.2, -0.15) is 5.10 Å². The molecule has 1 N–H and O–H groups in total. The number of hydrogen-bond acceptors (Lipinski definition) is 2. The molecule has 0 aliphatic heterocycles. The van der Waals surface area contributed by atoms with Crippen LogP contribution in [-0.4, -0.2) is 12.3 Å². The molecular formula is C19H24N2. The van der Waals surface area contributed by atoms with E-state index in [1.54, 1.807) is 0 Å². The summed E-state index contributed by atoms with van der Waals surface area (Å²) in [6, 6.07) is 9.10. The first-order valence-corrected chi connectivity index (χ1v) is 8.08. The van der Waals surface area contributed by atoms with Crippen LogP contribution in [0.15, 0.2) is 47.1 Å². The van der Waals surface area contributed by atoms with Crippen molar-refractivity contribution in [3.63, 3.8) is 0 Å². The third-order valence-electron chi connectivity index (χ3n) is 4.42. The fraction of sp³-hybridized carbons (Fsp3) is 0.421. The van der Waals surface area contributed by atoms with E-state index in [0.717, 1.165) is 6.42 Å². The van der Waals surface area contributed by atoms with Crippen LogP contribution in [0.5, 0.6) is 0 Å². The summed E-state index contributed by atoms with van der Waals surface area (Å²) in [7, 11) is 0. The van der Waals surface area contributed by atoms with E-state index in [0.29, 0.717) is 6.04 Å². The van der Waals surface area contributed by atoms with E-state index in [9.17, 15) is 0 Å². The topological polar surface area (TPSA) is 24.4 Å². The number of nitrogens with one attached hydrogen (secondary N) is 1. The van der Waals surface area contributed by atoms with Gasteiger partial charge in [0.05, 0.1) is 6.21 Å². The molecule has 2 aliphatic rings. The average molecular weight is 280 g/mol. The minimum Gasteiger partial charge on any atom is -0.307 e. The van der Waals surface area contributed by atoms with E-state index in [1.165, 1.54) is 54.4 Å². The van der Waals surface area contributed by atoms with E-state index in [2.05, 4.69) is 53.9 Å². The first-order chi connectivity index (χ1) is 10.3. The lowest BCUT2D eigenvalue weighted by molar-refractivity contribution is 0.381. The molecule has 3 rings (SSSR count). The van der Waals surface area contributed by atoms with Gasteiger partial charge in [0.1, 0.15) is 0 Å². The van der Waals surface area contributed by atoms with E-state index in [-0.39, 0.29) is 0 Å². The van der Waals surface area contributed by atoms with Crippen molar-refractivity contribution in [2.24, 2.45) is 5.10 Å². The van der Waals surface area contributed by atoms with Gasteiger partial charge in [0, 0.05) is 11.6 Å². The highest BCUT2D eigenvalue weighted by atomic mass is 15.3. The molecule has 0 saturated heterocycles. The van der Waals surface area contributed by atoms with E-state index < -0.39 is 0 Å². The van der Waals surface area contributed by atoms with Gasteiger partial charge in [-0.25, -0.2) is 0 Å². The summed E-state index contributed by atoms with van der Waals surface area (Å²) in [5, 5.41) is 4.50. The molecule has 0 atom stereocenters. The summed E-state index contributed by atoms with van der Waals surface area (Å²) in [6.45, 7) is 2.16. The zero-order valence-electron chi connectivity index (χ0n) is 12.8. The predicted octanol–water partition coefficient (Wildman–Crippen LogP) is 4.68. The second kappa shape index (κ2) is 6.75. The number of benzene rings is 1. The van der Waals surface area contributed by atoms with Gasteiger partial charge in [0.15, 0.2) is 0 Å². The maximum absolute atomic E-state index is 4.50. The zero-order chi connectivity index (χ0) is 14.5. The number of rotatable bonds is 4. The molecule has 0 amide bonds. The number of hydrazone groups is 1. The Labute approximate surface area is 127 Å². The number of hydrogen-bond donors (Lipinski definition) is 1. The minimum absolute atomic E-state index is 0.566. The average Bonchev–Trinajstić information content (AvgIpc) is 2.95. The highest BCUT2D eigenvalue weighted by Gasteiger charge is 2.12. The van der Waals surface area contributed by atoms with Crippen LogP contribution in [0.2, 0.25) is 0 Å². The lowest BCUT2D eigenvalue weighted by Gasteiger charge is -2.20. The number of nitrogens with zero attached hydrogens (tertiary/aromatic N) is 1. The molecule has 0 aromatic heterocycles. The highest BCUT2D eigenvalue weighted by molar-refractivity contribution is 5.89. The third-order valence-corrected chi connectivity index (χ3v) is 4.42. The van der Waals surface area contributed by atoms with Gasteiger partial charge in [0.2, 0.25) is 0 Å². The molecule has 2 nitrogen and oxygen atoms in total. The molecule has 0 spiro atoms. The molecule has 110 valence electrons. The van der Waals surface area contributed by atoms with Crippen molar-refractivity contribution in [3.05, 3.63) is 53.1 Å². The minimum atomic E-state index is 0.566. The standard InChI is InChI=1S/C19H24N2/c1-15-11-12-16(13-15)19-10-6-5-7-17(19)14-20-21-18-8-3-2-4-9-18/h5-7,10-11,13-14,18,21H,2-4,8-9,12H2,1H3/b20-14+. The normalized spacial score (nSPS) is 19.7. The summed E-state index contributed by atoms with van der Waals surface area (Å²) in [5.74, 6) is 0. The molecule has 1 saturated carbocycles. The maximum Gasteiger partial charge on any atom is 0.0546 e. The van der Waals surface area contributed by atoms with Gasteiger partial charge in [-0.3, -0.25) is 0 Å². The van der Waals surface area contributed by atoms with Crippen LogP contribution in [0.25, 0.3) is 5.57 Å². The van der Waals surface area contributed by atoms with E-state index in [4.69, 9.17) is 0 Å². The van der Waals surface area contributed by atoms with Crippen LogP contribution in [-0.2, 0) is 0 Å². The van der Waals surface area contributed by atoms with Crippen molar-refractivity contribution < 1.29 is 0 Å². The van der Waals surface area contributed by atoms with E-state index in [1.807, 2.05) is 6.21 Å². The van der Waals surface area contributed by atoms with Crippen molar-refractivity contribution in [1.29, 1.82) is 0 Å². The molecule has 0 bridgehead atoms. The Morgan fingerprint density at radius 3 is 2.71 bits per heavy atom.